The largest absolute Gasteiger partial charge is 0.494 e. The quantitative estimate of drug-likeness (QED) is 0.467. The van der Waals surface area contributed by atoms with Crippen LogP contribution in [0.2, 0.25) is 0 Å². The maximum absolute atomic E-state index is 12.8. The normalized spacial score (nSPS) is 22.5. The first-order chi connectivity index (χ1) is 16.1. The summed E-state index contributed by atoms with van der Waals surface area (Å²) in [5.41, 5.74) is 3.08. The molecule has 1 aliphatic carbocycles. The number of rotatable bonds is 6. The van der Waals surface area contributed by atoms with Gasteiger partial charge >= 0.3 is 6.09 Å². The Morgan fingerprint density at radius 2 is 2.18 bits per heavy atom. The fraction of sp³-hybridized carbons (Fsp3) is 0.423. The summed E-state index contributed by atoms with van der Waals surface area (Å²) in [6.45, 7) is 11.8. The minimum absolute atomic E-state index is 0.239. The van der Waals surface area contributed by atoms with Gasteiger partial charge in [-0.2, -0.15) is 0 Å². The average Bonchev–Trinajstić information content (AvgIpc) is 3.35. The molecule has 1 aliphatic heterocycles. The van der Waals surface area contributed by atoms with Gasteiger partial charge in [-0.05, 0) is 56.7 Å². The zero-order valence-electron chi connectivity index (χ0n) is 18.9. The van der Waals surface area contributed by atoms with Crippen LogP contribution in [0.4, 0.5) is 10.5 Å². The van der Waals surface area contributed by atoms with Crippen LogP contribution in [0.15, 0.2) is 48.8 Å². The topological polar surface area (TPSA) is 61.0 Å². The van der Waals surface area contributed by atoms with Gasteiger partial charge in [0, 0.05) is 12.1 Å². The van der Waals surface area contributed by atoms with Gasteiger partial charge in [0.1, 0.15) is 11.4 Å². The van der Waals surface area contributed by atoms with E-state index in [2.05, 4.69) is 14.4 Å². The Bertz CT molecular complexity index is 1210. The third-order valence-corrected chi connectivity index (χ3v) is 6.77. The number of carbonyl (C=O) groups excluding carboxylic acids is 1. The highest BCUT2D eigenvalue weighted by molar-refractivity contribution is 5.79. The van der Waals surface area contributed by atoms with Crippen LogP contribution in [-0.2, 0) is 17.8 Å². The van der Waals surface area contributed by atoms with Crippen molar-refractivity contribution in [2.45, 2.75) is 51.3 Å². The Labute approximate surface area is 193 Å². The number of hydrogen-bond acceptors (Lipinski definition) is 4. The number of benzene rings is 2. The predicted octanol–water partition coefficient (Wildman–Crippen LogP) is 5.57. The van der Waals surface area contributed by atoms with Gasteiger partial charge in [0.15, 0.2) is 5.69 Å². The number of amides is 1. The molecule has 7 heteroatoms. The smallest absolute Gasteiger partial charge is 0.410 e. The lowest BCUT2D eigenvalue weighted by molar-refractivity contribution is 0.00415. The molecule has 5 rings (SSSR count). The van der Waals surface area contributed by atoms with E-state index in [4.69, 9.17) is 16.0 Å². The number of para-hydroxylation sites is 1. The Balaban J connectivity index is 1.30. The fourth-order valence-corrected chi connectivity index (χ4v) is 5.32. The summed E-state index contributed by atoms with van der Waals surface area (Å²) in [5.74, 6) is 1.21. The van der Waals surface area contributed by atoms with Crippen molar-refractivity contribution in [3.8, 4) is 5.75 Å². The highest BCUT2D eigenvalue weighted by Crippen LogP contribution is 2.41. The minimum atomic E-state index is -0.432. The van der Waals surface area contributed by atoms with Crippen molar-refractivity contribution in [1.29, 1.82) is 0 Å². The highest BCUT2D eigenvalue weighted by atomic mass is 16.6. The monoisotopic (exact) mass is 444 g/mol. The average molecular weight is 445 g/mol. The molecule has 0 N–H and O–H groups in total. The molecule has 2 aliphatic rings. The van der Waals surface area contributed by atoms with E-state index in [9.17, 15) is 4.79 Å². The van der Waals surface area contributed by atoms with Gasteiger partial charge in [0.05, 0.1) is 43.6 Å². The third-order valence-electron chi connectivity index (χ3n) is 6.77. The molecule has 3 aromatic rings. The molecule has 2 heterocycles. The number of ether oxygens (including phenoxy) is 2. The number of aromatic nitrogens is 2. The highest BCUT2D eigenvalue weighted by Gasteiger charge is 2.48. The van der Waals surface area contributed by atoms with E-state index in [0.717, 1.165) is 54.6 Å². The van der Waals surface area contributed by atoms with Crippen molar-refractivity contribution in [1.82, 2.24) is 14.5 Å². The summed E-state index contributed by atoms with van der Waals surface area (Å²) in [7, 11) is 0. The van der Waals surface area contributed by atoms with Gasteiger partial charge in [0.25, 0.3) is 0 Å². The molecule has 1 aromatic heterocycles. The summed E-state index contributed by atoms with van der Waals surface area (Å²) in [4.78, 5) is 22.7. The van der Waals surface area contributed by atoms with Crippen molar-refractivity contribution in [3.05, 3.63) is 65.8 Å². The summed E-state index contributed by atoms with van der Waals surface area (Å²) in [6.07, 6.45) is 5.47. The van der Waals surface area contributed by atoms with E-state index >= 15 is 0 Å². The van der Waals surface area contributed by atoms with Crippen LogP contribution in [-0.4, -0.2) is 39.3 Å². The van der Waals surface area contributed by atoms with Crippen LogP contribution in [0.25, 0.3) is 15.9 Å². The van der Waals surface area contributed by atoms with Crippen LogP contribution >= 0.6 is 0 Å². The third kappa shape index (κ3) is 4.25. The molecule has 0 bridgehead atoms. The molecule has 2 atom stereocenters. The van der Waals surface area contributed by atoms with E-state index in [-0.39, 0.29) is 6.09 Å². The first kappa shape index (κ1) is 21.3. The molecular formula is C26H28N4O3. The van der Waals surface area contributed by atoms with Crippen molar-refractivity contribution < 1.29 is 14.3 Å². The zero-order valence-corrected chi connectivity index (χ0v) is 18.9. The molecule has 2 fully saturated rings. The molecule has 1 saturated carbocycles. The molecule has 0 unspecified atom stereocenters. The predicted molar refractivity (Wildman–Crippen MR) is 125 cm³/mol. The van der Waals surface area contributed by atoms with Crippen LogP contribution < -0.4 is 4.74 Å². The maximum atomic E-state index is 12.8. The van der Waals surface area contributed by atoms with Gasteiger partial charge in [0.2, 0.25) is 0 Å². The van der Waals surface area contributed by atoms with Crippen molar-refractivity contribution >= 4 is 22.8 Å². The van der Waals surface area contributed by atoms with E-state index in [1.165, 1.54) is 0 Å². The summed E-state index contributed by atoms with van der Waals surface area (Å²) < 4.78 is 13.9. The standard InChI is InChI=1S/C26H28N4O3/c1-3-32-24-9-5-4-8-20(24)16-29-17-26(33-25(29)31)12-6-7-19(14-26)15-30-18-28-22-11-10-21(27-2)13-23(22)30/h4-5,8-11,13,18-19H,3,6-7,12,14-17H2,1H3/t19-,26-/m0/s1. The number of hydrogen-bond donors (Lipinski definition) is 0. The second-order valence-corrected chi connectivity index (χ2v) is 9.09. The van der Waals surface area contributed by atoms with Crippen LogP contribution in [0.5, 0.6) is 5.75 Å². The van der Waals surface area contributed by atoms with E-state index in [1.54, 1.807) is 6.07 Å². The van der Waals surface area contributed by atoms with Gasteiger partial charge in [-0.3, -0.25) is 4.90 Å². The van der Waals surface area contributed by atoms with Crippen LogP contribution in [0, 0.1) is 12.5 Å². The van der Waals surface area contributed by atoms with Crippen molar-refractivity contribution in [2.75, 3.05) is 13.2 Å². The Morgan fingerprint density at radius 3 is 3.03 bits per heavy atom. The molecule has 1 amide bonds. The number of imidazole rings is 1. The molecule has 2 aromatic carbocycles. The Kier molecular flexibility index (Phi) is 5.67. The first-order valence-electron chi connectivity index (χ1n) is 11.6. The minimum Gasteiger partial charge on any atom is -0.494 e. The van der Waals surface area contributed by atoms with Crippen LogP contribution in [0.1, 0.15) is 38.2 Å². The SMILES string of the molecule is [C-]#[N+]c1ccc2ncn(C[C@H]3CCC[C@]4(C3)CN(Cc3ccccc3OCC)C(=O)O4)c2c1. The molecular weight excluding hydrogens is 416 g/mol. The molecule has 7 nitrogen and oxygen atoms in total. The van der Waals surface area contributed by atoms with Crippen molar-refractivity contribution in [3.63, 3.8) is 0 Å². The lowest BCUT2D eigenvalue weighted by atomic mass is 9.78. The van der Waals surface area contributed by atoms with Gasteiger partial charge in [-0.15, -0.1) is 0 Å². The molecule has 33 heavy (non-hydrogen) atoms. The lowest BCUT2D eigenvalue weighted by Gasteiger charge is -2.36. The fourth-order valence-electron chi connectivity index (χ4n) is 5.32. The van der Waals surface area contributed by atoms with Gasteiger partial charge in [-0.1, -0.05) is 24.3 Å². The summed E-state index contributed by atoms with van der Waals surface area (Å²) in [5, 5.41) is 0. The second-order valence-electron chi connectivity index (χ2n) is 9.09. The molecule has 1 saturated heterocycles. The van der Waals surface area contributed by atoms with Gasteiger partial charge < -0.3 is 14.0 Å². The summed E-state index contributed by atoms with van der Waals surface area (Å²) >= 11 is 0. The van der Waals surface area contributed by atoms with Crippen LogP contribution in [0.3, 0.4) is 0 Å². The first-order valence-corrected chi connectivity index (χ1v) is 11.6. The van der Waals surface area contributed by atoms with E-state index in [0.29, 0.717) is 31.3 Å². The van der Waals surface area contributed by atoms with Gasteiger partial charge in [-0.25, -0.2) is 14.6 Å². The number of fused-ring (bicyclic) bond motifs is 1. The van der Waals surface area contributed by atoms with E-state index in [1.807, 2.05) is 54.5 Å². The number of carbonyl (C=O) groups is 1. The zero-order chi connectivity index (χ0) is 22.8. The summed E-state index contributed by atoms with van der Waals surface area (Å²) in [6, 6.07) is 13.5. The molecule has 170 valence electrons. The van der Waals surface area contributed by atoms with E-state index < -0.39 is 5.60 Å². The lowest BCUT2D eigenvalue weighted by Crippen LogP contribution is -2.40. The Hall–Kier alpha value is -3.53. The molecule has 0 radical (unpaired) electrons. The van der Waals surface area contributed by atoms with Crippen molar-refractivity contribution in [2.24, 2.45) is 5.92 Å². The molecule has 1 spiro atoms. The Morgan fingerprint density at radius 1 is 1.30 bits per heavy atom. The number of nitrogens with zero attached hydrogens (tertiary/aromatic N) is 4. The maximum Gasteiger partial charge on any atom is 0.410 e. The second kappa shape index (κ2) is 8.78.